The molecule has 1 aromatic heterocycles. The van der Waals surface area contributed by atoms with Gasteiger partial charge in [0.2, 0.25) is 5.56 Å². The Kier molecular flexibility index (Phi) is 3.17. The minimum Gasteiger partial charge on any atom is -0.349 e. The maximum Gasteiger partial charge on any atom is 0.252 e. The Morgan fingerprint density at radius 3 is 2.79 bits per heavy atom. The SMILES string of the molecule is C[C@H](NC(=O)c1ccc(=O)[nH]c1)[C@@H]1C[C@H]2CC[C@H]1C2. The Labute approximate surface area is 112 Å². The molecule has 2 aliphatic rings. The van der Waals surface area contributed by atoms with E-state index in [4.69, 9.17) is 0 Å². The van der Waals surface area contributed by atoms with Gasteiger partial charge in [-0.1, -0.05) is 6.42 Å². The molecule has 2 fully saturated rings. The summed E-state index contributed by atoms with van der Waals surface area (Å²) >= 11 is 0. The quantitative estimate of drug-likeness (QED) is 0.872. The largest absolute Gasteiger partial charge is 0.349 e. The van der Waals surface area contributed by atoms with Crippen LogP contribution in [-0.2, 0) is 0 Å². The van der Waals surface area contributed by atoms with E-state index < -0.39 is 0 Å². The van der Waals surface area contributed by atoms with Gasteiger partial charge in [-0.3, -0.25) is 9.59 Å². The molecule has 2 bridgehead atoms. The molecule has 0 aromatic carbocycles. The lowest BCUT2D eigenvalue weighted by Gasteiger charge is -2.28. The van der Waals surface area contributed by atoms with E-state index in [1.807, 2.05) is 0 Å². The molecular weight excluding hydrogens is 240 g/mol. The summed E-state index contributed by atoms with van der Waals surface area (Å²) < 4.78 is 0. The number of carbonyl (C=O) groups excluding carboxylic acids is 1. The van der Waals surface area contributed by atoms with Gasteiger partial charge in [-0.25, -0.2) is 0 Å². The average molecular weight is 260 g/mol. The van der Waals surface area contributed by atoms with Crippen LogP contribution < -0.4 is 10.9 Å². The normalized spacial score (nSPS) is 30.3. The highest BCUT2D eigenvalue weighted by molar-refractivity contribution is 5.93. The van der Waals surface area contributed by atoms with Crippen molar-refractivity contribution in [3.05, 3.63) is 34.2 Å². The van der Waals surface area contributed by atoms with Crippen molar-refractivity contribution < 1.29 is 4.79 Å². The van der Waals surface area contributed by atoms with Crippen molar-refractivity contribution in [2.24, 2.45) is 17.8 Å². The molecule has 2 saturated carbocycles. The van der Waals surface area contributed by atoms with Crippen molar-refractivity contribution in [1.29, 1.82) is 0 Å². The molecule has 1 heterocycles. The molecule has 4 atom stereocenters. The summed E-state index contributed by atoms with van der Waals surface area (Å²) in [4.78, 5) is 25.6. The van der Waals surface area contributed by atoms with Crippen molar-refractivity contribution in [3.8, 4) is 0 Å². The van der Waals surface area contributed by atoms with Crippen LogP contribution in [0.2, 0.25) is 0 Å². The van der Waals surface area contributed by atoms with Crippen molar-refractivity contribution in [2.45, 2.75) is 38.6 Å². The Hall–Kier alpha value is -1.58. The van der Waals surface area contributed by atoms with Crippen LogP contribution in [0.5, 0.6) is 0 Å². The molecule has 2 N–H and O–H groups in total. The Morgan fingerprint density at radius 1 is 1.37 bits per heavy atom. The van der Waals surface area contributed by atoms with Gasteiger partial charge in [-0.05, 0) is 50.0 Å². The third-order valence-corrected chi connectivity index (χ3v) is 4.84. The predicted octanol–water partition coefficient (Wildman–Crippen LogP) is 1.93. The van der Waals surface area contributed by atoms with Crippen LogP contribution >= 0.6 is 0 Å². The predicted molar refractivity (Wildman–Crippen MR) is 72.9 cm³/mol. The van der Waals surface area contributed by atoms with E-state index in [-0.39, 0.29) is 17.5 Å². The zero-order valence-corrected chi connectivity index (χ0v) is 11.2. The standard InChI is InChI=1S/C15H20N2O2/c1-9(13-7-10-2-3-11(13)6-10)17-15(19)12-4-5-14(18)16-8-12/h4-5,8-11,13H,2-3,6-7H2,1H3,(H,16,18)(H,17,19)/t9-,10-,11-,13-/m0/s1. The third-order valence-electron chi connectivity index (χ3n) is 4.84. The fourth-order valence-electron chi connectivity index (χ4n) is 3.86. The molecule has 3 rings (SSSR count). The first-order chi connectivity index (χ1) is 9.13. The van der Waals surface area contributed by atoms with Gasteiger partial charge < -0.3 is 10.3 Å². The maximum atomic E-state index is 12.1. The van der Waals surface area contributed by atoms with Crippen molar-refractivity contribution in [1.82, 2.24) is 10.3 Å². The molecule has 1 amide bonds. The summed E-state index contributed by atoms with van der Waals surface area (Å²) in [7, 11) is 0. The number of pyridine rings is 1. The van der Waals surface area contributed by atoms with E-state index >= 15 is 0 Å². The molecule has 4 nitrogen and oxygen atoms in total. The van der Waals surface area contributed by atoms with E-state index in [0.717, 1.165) is 11.8 Å². The monoisotopic (exact) mass is 260 g/mol. The van der Waals surface area contributed by atoms with Crippen LogP contribution in [0.15, 0.2) is 23.1 Å². The van der Waals surface area contributed by atoms with Gasteiger partial charge in [0.25, 0.3) is 5.91 Å². The van der Waals surface area contributed by atoms with Gasteiger partial charge in [-0.15, -0.1) is 0 Å². The number of amides is 1. The summed E-state index contributed by atoms with van der Waals surface area (Å²) in [5.41, 5.74) is 0.340. The highest BCUT2D eigenvalue weighted by Crippen LogP contribution is 2.49. The number of carbonyl (C=O) groups is 1. The smallest absolute Gasteiger partial charge is 0.252 e. The summed E-state index contributed by atoms with van der Waals surface area (Å²) in [6.07, 6.45) is 6.79. The van der Waals surface area contributed by atoms with Gasteiger partial charge in [0.15, 0.2) is 0 Å². The van der Waals surface area contributed by atoms with Crippen LogP contribution in [0.25, 0.3) is 0 Å². The van der Waals surface area contributed by atoms with Crippen LogP contribution in [0.3, 0.4) is 0 Å². The maximum absolute atomic E-state index is 12.1. The number of H-pyrrole nitrogens is 1. The molecule has 0 saturated heterocycles. The second-order valence-electron chi connectivity index (χ2n) is 6.04. The minimum absolute atomic E-state index is 0.0912. The van der Waals surface area contributed by atoms with E-state index in [0.29, 0.717) is 11.5 Å². The van der Waals surface area contributed by atoms with Crippen LogP contribution in [-0.4, -0.2) is 16.9 Å². The molecule has 0 unspecified atom stereocenters. The van der Waals surface area contributed by atoms with Crippen LogP contribution in [0.4, 0.5) is 0 Å². The number of hydrogen-bond acceptors (Lipinski definition) is 2. The van der Waals surface area contributed by atoms with Crippen molar-refractivity contribution in [2.75, 3.05) is 0 Å². The van der Waals surface area contributed by atoms with E-state index in [1.54, 1.807) is 6.07 Å². The average Bonchev–Trinajstić information content (AvgIpc) is 3.01. The van der Waals surface area contributed by atoms with E-state index in [9.17, 15) is 9.59 Å². The zero-order valence-electron chi connectivity index (χ0n) is 11.2. The lowest BCUT2D eigenvalue weighted by molar-refractivity contribution is 0.0915. The zero-order chi connectivity index (χ0) is 13.4. The first kappa shape index (κ1) is 12.5. The van der Waals surface area contributed by atoms with E-state index in [2.05, 4.69) is 17.2 Å². The van der Waals surface area contributed by atoms with Gasteiger partial charge in [0.1, 0.15) is 0 Å². The summed E-state index contributed by atoms with van der Waals surface area (Å²) in [5.74, 6) is 2.23. The topological polar surface area (TPSA) is 62.0 Å². The molecule has 0 spiro atoms. The number of aromatic amines is 1. The molecule has 0 radical (unpaired) electrons. The summed E-state index contributed by atoms with van der Waals surface area (Å²) in [6.45, 7) is 2.11. The lowest BCUT2D eigenvalue weighted by atomic mass is 9.84. The molecule has 2 aliphatic carbocycles. The highest BCUT2D eigenvalue weighted by atomic mass is 16.2. The molecule has 19 heavy (non-hydrogen) atoms. The van der Waals surface area contributed by atoms with Gasteiger partial charge in [-0.2, -0.15) is 0 Å². The minimum atomic E-state index is -0.183. The van der Waals surface area contributed by atoms with Crippen molar-refractivity contribution in [3.63, 3.8) is 0 Å². The Balaban J connectivity index is 1.63. The number of hydrogen-bond donors (Lipinski definition) is 2. The first-order valence-corrected chi connectivity index (χ1v) is 7.13. The number of nitrogens with one attached hydrogen (secondary N) is 2. The second-order valence-corrected chi connectivity index (χ2v) is 6.04. The third kappa shape index (κ3) is 2.44. The molecule has 102 valence electrons. The highest BCUT2D eigenvalue weighted by Gasteiger charge is 2.42. The number of fused-ring (bicyclic) bond motifs is 2. The number of aromatic nitrogens is 1. The fraction of sp³-hybridized carbons (Fsp3) is 0.600. The van der Waals surface area contributed by atoms with Gasteiger partial charge in [0, 0.05) is 18.3 Å². The molecule has 1 aromatic rings. The molecule has 4 heteroatoms. The summed E-state index contributed by atoms with van der Waals surface area (Å²) in [5, 5.41) is 3.08. The first-order valence-electron chi connectivity index (χ1n) is 7.13. The lowest BCUT2D eigenvalue weighted by Crippen LogP contribution is -2.40. The Morgan fingerprint density at radius 2 is 2.21 bits per heavy atom. The number of rotatable bonds is 3. The van der Waals surface area contributed by atoms with Gasteiger partial charge >= 0.3 is 0 Å². The van der Waals surface area contributed by atoms with Gasteiger partial charge in [0.05, 0.1) is 5.56 Å². The Bertz CT molecular complexity index is 517. The molecular formula is C15H20N2O2. The van der Waals surface area contributed by atoms with Crippen LogP contribution in [0.1, 0.15) is 43.0 Å². The molecule has 0 aliphatic heterocycles. The van der Waals surface area contributed by atoms with E-state index in [1.165, 1.54) is 37.9 Å². The van der Waals surface area contributed by atoms with Crippen molar-refractivity contribution >= 4 is 5.91 Å². The second kappa shape index (κ2) is 4.83. The van der Waals surface area contributed by atoms with Crippen LogP contribution in [0, 0.1) is 17.8 Å². The fourth-order valence-corrected chi connectivity index (χ4v) is 3.86. The summed E-state index contributed by atoms with van der Waals surface area (Å²) in [6, 6.07) is 3.17.